The van der Waals surface area contributed by atoms with Crippen LogP contribution < -0.4 is 64.2 Å². The number of nitrogens with zero attached hydrogens (tertiary/aromatic N) is 1. The fourth-order valence-electron chi connectivity index (χ4n) is 7.99. The third kappa shape index (κ3) is 24.7. The Morgan fingerprint density at radius 2 is 1.19 bits per heavy atom. The molecule has 12 amide bonds. The van der Waals surface area contributed by atoms with Crippen LogP contribution in [0.15, 0.2) is 61.1 Å². The molecule has 1 unspecified atom stereocenters. The number of H-pyrrole nitrogens is 1. The molecule has 2 aromatic carbocycles. The minimum absolute atomic E-state index is 0.0139. The van der Waals surface area contributed by atoms with Gasteiger partial charge in [0.25, 0.3) is 0 Å². The van der Waals surface area contributed by atoms with Gasteiger partial charge in [-0.3, -0.25) is 57.5 Å². The lowest BCUT2D eigenvalue weighted by Gasteiger charge is -2.32. The van der Waals surface area contributed by atoms with Crippen molar-refractivity contribution in [3.63, 3.8) is 0 Å². The summed E-state index contributed by atoms with van der Waals surface area (Å²) in [6.07, 6.45) is 1.21. The lowest BCUT2D eigenvalue weighted by molar-refractivity contribution is -0.136. The number of imidazole rings is 1. The maximum absolute atomic E-state index is 14.5. The van der Waals surface area contributed by atoms with Crippen LogP contribution in [-0.2, 0) is 81.9 Å². The smallest absolute Gasteiger partial charge is 0.245 e. The highest BCUT2D eigenvalue weighted by Crippen LogP contribution is 2.22. The number of fused-ring (bicyclic) bond motifs is 2. The van der Waals surface area contributed by atoms with Crippen molar-refractivity contribution in [3.05, 3.63) is 83.4 Å². The Morgan fingerprint density at radius 1 is 0.643 bits per heavy atom. The molecule has 0 aliphatic carbocycles. The molecule has 0 fully saturated rings. The van der Waals surface area contributed by atoms with Gasteiger partial charge >= 0.3 is 0 Å². The second-order valence-corrected chi connectivity index (χ2v) is 22.8. The minimum atomic E-state index is -1.72. The molecule has 16 N–H and O–H groups in total. The SMILES string of the molecule is CCC[C@@H]1NC(=O)CNC(=O)[C@H]([C@@H](C)O)NC(=O)[C@H](Cc2cnc[nH]2)NC(=O)[C@H](Cc2ccc(O)cc2)NC(=O)C(C(C)(C)C)NC(=O)CCSCc2cccc(c2)CSC[C@@H](C(N)=O)NC(=O)CNC(=O)CNC(=O)CNC(=O)CNC1=O. The summed E-state index contributed by atoms with van der Waals surface area (Å²) in [6, 6.07) is 5.33. The molecule has 2 heterocycles. The first-order valence-electron chi connectivity index (χ1n) is 26.9. The van der Waals surface area contributed by atoms with Crippen LogP contribution >= 0.6 is 23.5 Å². The summed E-state index contributed by atoms with van der Waals surface area (Å²) in [5.74, 6) is -8.30. The molecule has 84 heavy (non-hydrogen) atoms. The average Bonchev–Trinajstić information content (AvgIpc) is 4.07. The Morgan fingerprint density at radius 3 is 1.77 bits per heavy atom. The van der Waals surface area contributed by atoms with E-state index in [-0.39, 0.29) is 37.2 Å². The fourth-order valence-corrected chi connectivity index (χ4v) is 9.90. The van der Waals surface area contributed by atoms with E-state index in [0.29, 0.717) is 34.9 Å². The van der Waals surface area contributed by atoms with E-state index >= 15 is 0 Å². The number of phenols is 1. The van der Waals surface area contributed by atoms with Crippen molar-refractivity contribution in [2.75, 3.05) is 44.2 Å². The lowest BCUT2D eigenvalue weighted by Crippen LogP contribution is -2.61. The highest BCUT2D eigenvalue weighted by molar-refractivity contribution is 7.98. The van der Waals surface area contributed by atoms with Crippen molar-refractivity contribution in [2.24, 2.45) is 11.1 Å². The van der Waals surface area contributed by atoms with Gasteiger partial charge in [-0.05, 0) is 47.6 Å². The van der Waals surface area contributed by atoms with Crippen LogP contribution in [0.1, 0.15) is 76.3 Å². The lowest BCUT2D eigenvalue weighted by atomic mass is 9.85. The summed E-state index contributed by atoms with van der Waals surface area (Å²) in [6.45, 7) is 4.97. The first-order chi connectivity index (χ1) is 39.8. The van der Waals surface area contributed by atoms with Crippen LogP contribution in [0.25, 0.3) is 0 Å². The number of nitrogens with one attached hydrogen (secondary N) is 12. The Labute approximate surface area is 493 Å². The summed E-state index contributed by atoms with van der Waals surface area (Å²) >= 11 is 2.79. The number of amides is 12. The number of aliphatic hydroxyl groups is 1. The Hall–Kier alpha value is -8.25. The number of thioether (sulfide) groups is 2. The van der Waals surface area contributed by atoms with Crippen molar-refractivity contribution >= 4 is 94.4 Å². The van der Waals surface area contributed by atoms with Crippen LogP contribution in [0.3, 0.4) is 0 Å². The van der Waals surface area contributed by atoms with E-state index in [9.17, 15) is 67.7 Å². The third-order valence-corrected chi connectivity index (χ3v) is 14.6. The average molecular weight is 1210 g/mol. The largest absolute Gasteiger partial charge is 0.508 e. The summed E-state index contributed by atoms with van der Waals surface area (Å²) in [4.78, 5) is 165. The third-order valence-electron chi connectivity index (χ3n) is 12.5. The van der Waals surface area contributed by atoms with Gasteiger partial charge in [0.15, 0.2) is 0 Å². The van der Waals surface area contributed by atoms with E-state index in [1.165, 1.54) is 67.2 Å². The van der Waals surface area contributed by atoms with Gasteiger partial charge in [-0.15, -0.1) is 0 Å². The predicted molar refractivity (Wildman–Crippen MR) is 309 cm³/mol. The molecule has 3 aromatic rings. The fraction of sp³-hybridized carbons (Fsp3) is 0.500. The number of hydrogen-bond donors (Lipinski definition) is 15. The Kier molecular flexibility index (Phi) is 27.9. The van der Waals surface area contributed by atoms with Gasteiger partial charge in [0, 0.05) is 54.2 Å². The van der Waals surface area contributed by atoms with Crippen molar-refractivity contribution in [3.8, 4) is 5.75 Å². The predicted octanol–water partition coefficient (Wildman–Crippen LogP) is -3.33. The van der Waals surface area contributed by atoms with E-state index < -0.39 is 151 Å². The van der Waals surface area contributed by atoms with Crippen molar-refractivity contribution in [2.45, 2.75) is 121 Å². The Bertz CT molecular complexity index is 2780. The zero-order chi connectivity index (χ0) is 61.9. The standard InChI is InChI=1S/C54H76N14O14S2/c1-6-8-36-49(78)60-23-43(74)58-21-41(72)57-22-42(73)59-24-44(75)64-39(48(55)77)28-84-27-33-10-7-9-32(17-33)26-83-16-15-40(71)67-47(54(3,4)5)53(82)66-37(18-31-11-13-35(70)14-12-31)50(79)65-38(19-34-20-56-29-62-34)51(80)68-46(30(2)69)52(81)61-25-45(76)63-36/h7,9-14,17,20,29-30,36-39,46-47,69-70H,6,8,15-16,18-19,21-28H2,1-5H3,(H2,55,77)(H,56,62)(H,57,72)(H,58,74)(H,59,73)(H,60,78)(H,61,81)(H,63,76)(H,64,75)(H,65,79)(H,66,82)(H,67,71)(H,68,80)/t30-,36+,37+,38+,39+,46+,47?/m1/s1. The minimum Gasteiger partial charge on any atom is -0.508 e. The molecule has 1 aliphatic heterocycles. The number of aromatic nitrogens is 2. The molecule has 0 saturated heterocycles. The Balaban J connectivity index is 1.57. The normalized spacial score (nSPS) is 22.7. The highest BCUT2D eigenvalue weighted by atomic mass is 32.2. The molecule has 30 heteroatoms. The molecular weight excluding hydrogens is 1130 g/mol. The molecule has 28 nitrogen and oxygen atoms in total. The van der Waals surface area contributed by atoms with Crippen LogP contribution in [0.5, 0.6) is 5.75 Å². The van der Waals surface area contributed by atoms with E-state index in [4.69, 9.17) is 5.73 Å². The summed E-state index contributed by atoms with van der Waals surface area (Å²) in [5.41, 5.74) is 7.35. The molecule has 4 rings (SSSR count). The van der Waals surface area contributed by atoms with Crippen LogP contribution in [0, 0.1) is 5.41 Å². The van der Waals surface area contributed by atoms with Crippen LogP contribution in [0.4, 0.5) is 0 Å². The van der Waals surface area contributed by atoms with E-state index in [0.717, 1.165) is 11.1 Å². The first kappa shape index (κ1) is 68.3. The van der Waals surface area contributed by atoms with Gasteiger partial charge in [-0.1, -0.05) is 70.5 Å². The number of aliphatic hydroxyl groups excluding tert-OH is 1. The quantitative estimate of drug-likeness (QED) is 0.105. The molecule has 458 valence electrons. The summed E-state index contributed by atoms with van der Waals surface area (Å²) in [5, 5.41) is 47.8. The second-order valence-electron chi connectivity index (χ2n) is 20.7. The second kappa shape index (κ2) is 34.4. The number of nitrogens with two attached hydrogens (primary N) is 1. The maximum atomic E-state index is 14.5. The number of rotatable bonds is 8. The molecule has 0 radical (unpaired) electrons. The number of aromatic amines is 1. The van der Waals surface area contributed by atoms with E-state index in [1.807, 2.05) is 24.3 Å². The number of carbonyl (C=O) groups excluding carboxylic acids is 12. The van der Waals surface area contributed by atoms with Crippen LogP contribution in [0.2, 0.25) is 0 Å². The molecule has 1 aliphatic rings. The van der Waals surface area contributed by atoms with Gasteiger partial charge in [0.1, 0.15) is 42.0 Å². The molecule has 1 aromatic heterocycles. The van der Waals surface area contributed by atoms with Crippen molar-refractivity contribution < 1.29 is 67.7 Å². The monoisotopic (exact) mass is 1210 g/mol. The number of primary amides is 1. The molecule has 2 bridgehead atoms. The van der Waals surface area contributed by atoms with E-state index in [1.54, 1.807) is 27.7 Å². The summed E-state index contributed by atoms with van der Waals surface area (Å²) < 4.78 is 0. The number of benzene rings is 2. The van der Waals surface area contributed by atoms with Crippen LogP contribution in [-0.4, -0.2) is 178 Å². The molecular formula is C54H76N14O14S2. The number of aromatic hydroxyl groups is 1. The zero-order valence-electron chi connectivity index (χ0n) is 47.3. The molecule has 0 saturated carbocycles. The zero-order valence-corrected chi connectivity index (χ0v) is 49.0. The van der Waals surface area contributed by atoms with Gasteiger partial charge < -0.3 is 79.4 Å². The number of phenolic OH excluding ortho intramolecular Hbond substituents is 1. The van der Waals surface area contributed by atoms with Gasteiger partial charge in [0.05, 0.1) is 45.2 Å². The number of carbonyl (C=O) groups is 12. The highest BCUT2D eigenvalue weighted by Gasteiger charge is 2.37. The van der Waals surface area contributed by atoms with Crippen molar-refractivity contribution in [1.82, 2.24) is 68.5 Å². The van der Waals surface area contributed by atoms with Gasteiger partial charge in [0.2, 0.25) is 70.9 Å². The van der Waals surface area contributed by atoms with Gasteiger partial charge in [-0.25, -0.2) is 4.98 Å². The topological polar surface area (TPSA) is 432 Å². The maximum Gasteiger partial charge on any atom is 0.245 e. The van der Waals surface area contributed by atoms with Gasteiger partial charge in [-0.2, -0.15) is 23.5 Å². The molecule has 7 atom stereocenters. The van der Waals surface area contributed by atoms with E-state index in [2.05, 4.69) is 68.5 Å². The molecule has 0 spiro atoms. The summed E-state index contributed by atoms with van der Waals surface area (Å²) in [7, 11) is 0. The van der Waals surface area contributed by atoms with Crippen molar-refractivity contribution in [1.29, 1.82) is 0 Å². The first-order valence-corrected chi connectivity index (χ1v) is 29.2. The number of hydrogen-bond acceptors (Lipinski definition) is 17.